The second-order valence-electron chi connectivity index (χ2n) is 6.48. The molecule has 1 aliphatic heterocycles. The predicted octanol–water partition coefficient (Wildman–Crippen LogP) is 2.75. The molecule has 1 aromatic heterocycles. The number of urea groups is 1. The number of anilines is 1. The second kappa shape index (κ2) is 8.23. The second-order valence-corrected chi connectivity index (χ2v) is 6.92. The standard InChI is InChI=1S/C18H22ClN5O2/c1-23-12-14(11-21-23)17(25)20-10-13-5-7-24(8-6-13)18(26)22-16-4-2-3-15(19)9-16/h2-4,9,11-13H,5-8,10H2,1H3,(H,20,25)(H,22,26). The smallest absolute Gasteiger partial charge is 0.321 e. The van der Waals surface area contributed by atoms with E-state index in [-0.39, 0.29) is 11.9 Å². The van der Waals surface area contributed by atoms with Gasteiger partial charge in [0.25, 0.3) is 5.91 Å². The summed E-state index contributed by atoms with van der Waals surface area (Å²) in [6, 6.07) is 6.98. The Morgan fingerprint density at radius 1 is 1.31 bits per heavy atom. The minimum absolute atomic E-state index is 0.112. The minimum Gasteiger partial charge on any atom is -0.352 e. The zero-order valence-electron chi connectivity index (χ0n) is 14.6. The number of nitrogens with zero attached hydrogens (tertiary/aromatic N) is 3. The number of hydrogen-bond acceptors (Lipinski definition) is 3. The number of carbonyl (C=O) groups is 2. The molecule has 2 N–H and O–H groups in total. The quantitative estimate of drug-likeness (QED) is 0.862. The normalized spacial score (nSPS) is 14.9. The van der Waals surface area contributed by atoms with Crippen molar-refractivity contribution in [1.29, 1.82) is 0 Å². The van der Waals surface area contributed by atoms with Gasteiger partial charge in [0, 0.05) is 43.6 Å². The van der Waals surface area contributed by atoms with E-state index in [1.54, 1.807) is 47.2 Å². The van der Waals surface area contributed by atoms with Crippen LogP contribution < -0.4 is 10.6 Å². The van der Waals surface area contributed by atoms with Crippen LogP contribution >= 0.6 is 11.6 Å². The highest BCUT2D eigenvalue weighted by atomic mass is 35.5. The summed E-state index contributed by atoms with van der Waals surface area (Å²) >= 11 is 5.93. The van der Waals surface area contributed by atoms with E-state index in [1.165, 1.54) is 0 Å². The largest absolute Gasteiger partial charge is 0.352 e. The van der Waals surface area contributed by atoms with Crippen molar-refractivity contribution in [2.45, 2.75) is 12.8 Å². The van der Waals surface area contributed by atoms with Gasteiger partial charge in [-0.2, -0.15) is 5.10 Å². The maximum atomic E-state index is 12.3. The van der Waals surface area contributed by atoms with Crippen LogP contribution in [0.15, 0.2) is 36.7 Å². The monoisotopic (exact) mass is 375 g/mol. The highest BCUT2D eigenvalue weighted by Gasteiger charge is 2.23. The Morgan fingerprint density at radius 3 is 2.73 bits per heavy atom. The van der Waals surface area contributed by atoms with Gasteiger partial charge in [0.2, 0.25) is 0 Å². The van der Waals surface area contributed by atoms with Gasteiger partial charge >= 0.3 is 6.03 Å². The number of amides is 3. The molecule has 0 radical (unpaired) electrons. The summed E-state index contributed by atoms with van der Waals surface area (Å²) in [4.78, 5) is 26.2. The van der Waals surface area contributed by atoms with Gasteiger partial charge in [0.1, 0.15) is 0 Å². The van der Waals surface area contributed by atoms with Gasteiger partial charge in [0.05, 0.1) is 11.8 Å². The predicted molar refractivity (Wildman–Crippen MR) is 100 cm³/mol. The SMILES string of the molecule is Cn1cc(C(=O)NCC2CCN(C(=O)Nc3cccc(Cl)c3)CC2)cn1. The molecule has 1 fully saturated rings. The molecular weight excluding hydrogens is 354 g/mol. The lowest BCUT2D eigenvalue weighted by Crippen LogP contribution is -2.43. The van der Waals surface area contributed by atoms with E-state index >= 15 is 0 Å². The van der Waals surface area contributed by atoms with Gasteiger partial charge in [-0.05, 0) is 37.0 Å². The van der Waals surface area contributed by atoms with Crippen LogP contribution in [0.5, 0.6) is 0 Å². The molecule has 1 saturated heterocycles. The Morgan fingerprint density at radius 2 is 2.08 bits per heavy atom. The number of benzene rings is 1. The lowest BCUT2D eigenvalue weighted by Gasteiger charge is -2.32. The summed E-state index contributed by atoms with van der Waals surface area (Å²) in [5, 5.41) is 10.4. The van der Waals surface area contributed by atoms with E-state index in [0.29, 0.717) is 41.8 Å². The number of halogens is 1. The topological polar surface area (TPSA) is 79.3 Å². The third-order valence-electron chi connectivity index (χ3n) is 4.50. The van der Waals surface area contributed by atoms with Crippen LogP contribution in [0.3, 0.4) is 0 Å². The first-order valence-electron chi connectivity index (χ1n) is 8.59. The van der Waals surface area contributed by atoms with Crippen molar-refractivity contribution < 1.29 is 9.59 Å². The van der Waals surface area contributed by atoms with E-state index in [4.69, 9.17) is 11.6 Å². The number of aromatic nitrogens is 2. The zero-order valence-corrected chi connectivity index (χ0v) is 15.4. The molecule has 8 heteroatoms. The Kier molecular flexibility index (Phi) is 5.78. The molecule has 0 atom stereocenters. The molecule has 2 aromatic rings. The summed E-state index contributed by atoms with van der Waals surface area (Å²) in [6.45, 7) is 1.94. The van der Waals surface area contributed by atoms with Gasteiger partial charge in [-0.1, -0.05) is 17.7 Å². The third kappa shape index (κ3) is 4.76. The van der Waals surface area contributed by atoms with Crippen molar-refractivity contribution in [2.75, 3.05) is 25.0 Å². The Bertz CT molecular complexity index is 783. The van der Waals surface area contributed by atoms with Gasteiger partial charge in [-0.15, -0.1) is 0 Å². The summed E-state index contributed by atoms with van der Waals surface area (Å²) < 4.78 is 1.60. The van der Waals surface area contributed by atoms with Crippen molar-refractivity contribution in [3.05, 3.63) is 47.2 Å². The van der Waals surface area contributed by atoms with Crippen molar-refractivity contribution in [3.8, 4) is 0 Å². The van der Waals surface area contributed by atoms with Gasteiger partial charge < -0.3 is 15.5 Å². The average Bonchev–Trinajstić information content (AvgIpc) is 3.06. The lowest BCUT2D eigenvalue weighted by atomic mass is 9.97. The van der Waals surface area contributed by atoms with E-state index < -0.39 is 0 Å². The van der Waals surface area contributed by atoms with Crippen LogP contribution in [0.4, 0.5) is 10.5 Å². The molecule has 3 amide bonds. The van der Waals surface area contributed by atoms with Crippen LogP contribution in [0.25, 0.3) is 0 Å². The molecule has 7 nitrogen and oxygen atoms in total. The van der Waals surface area contributed by atoms with E-state index in [9.17, 15) is 9.59 Å². The first kappa shape index (κ1) is 18.3. The van der Waals surface area contributed by atoms with Crippen molar-refractivity contribution in [3.63, 3.8) is 0 Å². The number of nitrogens with one attached hydrogen (secondary N) is 2. The van der Waals surface area contributed by atoms with Crippen LogP contribution in [0.2, 0.25) is 5.02 Å². The first-order valence-corrected chi connectivity index (χ1v) is 8.97. The molecule has 1 aliphatic rings. The first-order chi connectivity index (χ1) is 12.5. The number of rotatable bonds is 4. The zero-order chi connectivity index (χ0) is 18.5. The van der Waals surface area contributed by atoms with Crippen molar-refractivity contribution in [1.82, 2.24) is 20.0 Å². The number of carbonyl (C=O) groups excluding carboxylic acids is 2. The van der Waals surface area contributed by atoms with Crippen LogP contribution in [-0.2, 0) is 7.05 Å². The molecule has 1 aromatic carbocycles. The Hall–Kier alpha value is -2.54. The lowest BCUT2D eigenvalue weighted by molar-refractivity contribution is 0.0938. The fourth-order valence-corrected chi connectivity index (χ4v) is 3.18. The molecule has 0 aliphatic carbocycles. The fraction of sp³-hybridized carbons (Fsp3) is 0.389. The minimum atomic E-state index is -0.120. The summed E-state index contributed by atoms with van der Waals surface area (Å²) in [5.41, 5.74) is 1.25. The van der Waals surface area contributed by atoms with E-state index in [0.717, 1.165) is 12.8 Å². The van der Waals surface area contributed by atoms with Crippen LogP contribution in [-0.4, -0.2) is 46.3 Å². The van der Waals surface area contributed by atoms with E-state index in [1.807, 2.05) is 6.07 Å². The van der Waals surface area contributed by atoms with Crippen LogP contribution in [0, 0.1) is 5.92 Å². The molecule has 2 heterocycles. The molecule has 0 saturated carbocycles. The molecule has 138 valence electrons. The molecule has 0 spiro atoms. The Balaban J connectivity index is 1.42. The van der Waals surface area contributed by atoms with E-state index in [2.05, 4.69) is 15.7 Å². The molecule has 3 rings (SSSR count). The molecule has 0 bridgehead atoms. The molecular formula is C18H22ClN5O2. The number of hydrogen-bond donors (Lipinski definition) is 2. The number of piperidine rings is 1. The molecule has 26 heavy (non-hydrogen) atoms. The van der Waals surface area contributed by atoms with Crippen molar-refractivity contribution >= 4 is 29.2 Å². The third-order valence-corrected chi connectivity index (χ3v) is 4.73. The van der Waals surface area contributed by atoms with Gasteiger partial charge in [-0.3, -0.25) is 9.48 Å². The Labute approximate surface area is 157 Å². The fourth-order valence-electron chi connectivity index (χ4n) is 2.99. The summed E-state index contributed by atoms with van der Waals surface area (Å²) in [6.07, 6.45) is 4.96. The van der Waals surface area contributed by atoms with Gasteiger partial charge in [0.15, 0.2) is 0 Å². The van der Waals surface area contributed by atoms with Crippen molar-refractivity contribution in [2.24, 2.45) is 13.0 Å². The van der Waals surface area contributed by atoms with Crippen LogP contribution in [0.1, 0.15) is 23.2 Å². The average molecular weight is 376 g/mol. The summed E-state index contributed by atoms with van der Waals surface area (Å²) in [7, 11) is 1.78. The number of aryl methyl sites for hydroxylation is 1. The number of likely N-dealkylation sites (tertiary alicyclic amines) is 1. The maximum absolute atomic E-state index is 12.3. The van der Waals surface area contributed by atoms with Gasteiger partial charge in [-0.25, -0.2) is 4.79 Å². The highest BCUT2D eigenvalue weighted by molar-refractivity contribution is 6.30. The molecule has 0 unspecified atom stereocenters. The summed E-state index contributed by atoms with van der Waals surface area (Å²) in [5.74, 6) is 0.255. The highest BCUT2D eigenvalue weighted by Crippen LogP contribution is 2.19. The maximum Gasteiger partial charge on any atom is 0.321 e.